The third-order valence-electron chi connectivity index (χ3n) is 6.87. The molecule has 1 aromatic rings. The molecule has 2 atom stereocenters. The van der Waals surface area contributed by atoms with E-state index < -0.39 is 12.2 Å². The Labute approximate surface area is 168 Å². The van der Waals surface area contributed by atoms with Crippen LogP contribution in [-0.2, 0) is 4.74 Å². The summed E-state index contributed by atoms with van der Waals surface area (Å²) in [7, 11) is 0. The van der Waals surface area contributed by atoms with Crippen LogP contribution >= 0.6 is 0 Å². The SMILES string of the molecule is CCCC1CCC(c2ccc(C3CCC(CCC)OC3)c(C(F)F)c2F)CC1. The molecule has 4 heteroatoms. The molecule has 1 heterocycles. The zero-order chi connectivity index (χ0) is 20.1. The van der Waals surface area contributed by atoms with Gasteiger partial charge in [-0.3, -0.25) is 0 Å². The third-order valence-corrected chi connectivity index (χ3v) is 6.87. The van der Waals surface area contributed by atoms with Gasteiger partial charge in [-0.05, 0) is 67.9 Å². The second-order valence-electron chi connectivity index (χ2n) is 8.80. The van der Waals surface area contributed by atoms with Crippen LogP contribution in [0.1, 0.15) is 113 Å². The summed E-state index contributed by atoms with van der Waals surface area (Å²) in [6, 6.07) is 3.56. The van der Waals surface area contributed by atoms with E-state index in [1.807, 2.05) is 0 Å². The molecule has 158 valence electrons. The highest BCUT2D eigenvalue weighted by Crippen LogP contribution is 2.43. The summed E-state index contributed by atoms with van der Waals surface area (Å²) in [5.74, 6) is 0.0212. The quantitative estimate of drug-likeness (QED) is 0.455. The molecule has 2 fully saturated rings. The normalized spacial score (nSPS) is 28.6. The molecule has 1 saturated heterocycles. The lowest BCUT2D eigenvalue weighted by molar-refractivity contribution is -0.00192. The van der Waals surface area contributed by atoms with Gasteiger partial charge in [-0.15, -0.1) is 0 Å². The van der Waals surface area contributed by atoms with Crippen molar-refractivity contribution in [3.63, 3.8) is 0 Å². The van der Waals surface area contributed by atoms with Gasteiger partial charge < -0.3 is 4.74 Å². The summed E-state index contributed by atoms with van der Waals surface area (Å²) in [5, 5.41) is 0. The predicted molar refractivity (Wildman–Crippen MR) is 108 cm³/mol. The van der Waals surface area contributed by atoms with Crippen molar-refractivity contribution in [3.05, 3.63) is 34.6 Å². The summed E-state index contributed by atoms with van der Waals surface area (Å²) >= 11 is 0. The van der Waals surface area contributed by atoms with E-state index in [1.54, 1.807) is 12.1 Å². The molecule has 0 bridgehead atoms. The number of rotatable bonds is 7. The Balaban J connectivity index is 1.76. The number of ether oxygens (including phenoxy) is 1. The number of halogens is 3. The van der Waals surface area contributed by atoms with Gasteiger partial charge in [0.2, 0.25) is 0 Å². The van der Waals surface area contributed by atoms with Crippen molar-refractivity contribution in [1.82, 2.24) is 0 Å². The Bertz CT molecular complexity index is 615. The van der Waals surface area contributed by atoms with E-state index in [2.05, 4.69) is 13.8 Å². The van der Waals surface area contributed by atoms with Gasteiger partial charge in [-0.2, -0.15) is 0 Å². The maximum atomic E-state index is 15.2. The molecule has 2 aliphatic rings. The summed E-state index contributed by atoms with van der Waals surface area (Å²) < 4.78 is 48.9. The Morgan fingerprint density at radius 3 is 2.11 bits per heavy atom. The Morgan fingerprint density at radius 2 is 1.54 bits per heavy atom. The minimum Gasteiger partial charge on any atom is -0.378 e. The summed E-state index contributed by atoms with van der Waals surface area (Å²) in [6.45, 7) is 4.73. The lowest BCUT2D eigenvalue weighted by Gasteiger charge is -2.32. The smallest absolute Gasteiger partial charge is 0.266 e. The number of hydrogen-bond donors (Lipinski definition) is 0. The van der Waals surface area contributed by atoms with Gasteiger partial charge in [-0.1, -0.05) is 45.2 Å². The third kappa shape index (κ3) is 4.93. The first-order valence-electron chi connectivity index (χ1n) is 11.3. The molecular weight excluding hydrogens is 361 g/mol. The number of benzene rings is 1. The topological polar surface area (TPSA) is 9.23 Å². The summed E-state index contributed by atoms with van der Waals surface area (Å²) in [4.78, 5) is 0. The Kier molecular flexibility index (Phi) is 7.85. The first-order valence-corrected chi connectivity index (χ1v) is 11.3. The maximum absolute atomic E-state index is 15.2. The van der Waals surface area contributed by atoms with E-state index in [1.165, 1.54) is 12.8 Å². The van der Waals surface area contributed by atoms with Gasteiger partial charge in [0.1, 0.15) is 5.82 Å². The zero-order valence-electron chi connectivity index (χ0n) is 17.4. The van der Waals surface area contributed by atoms with Crippen LogP contribution in [0.2, 0.25) is 0 Å². The number of alkyl halides is 2. The molecule has 28 heavy (non-hydrogen) atoms. The van der Waals surface area contributed by atoms with Gasteiger partial charge in [0, 0.05) is 5.92 Å². The van der Waals surface area contributed by atoms with Crippen LogP contribution in [0.3, 0.4) is 0 Å². The van der Waals surface area contributed by atoms with Crippen molar-refractivity contribution < 1.29 is 17.9 Å². The van der Waals surface area contributed by atoms with Crippen LogP contribution in [-0.4, -0.2) is 12.7 Å². The van der Waals surface area contributed by atoms with Gasteiger partial charge in [0.25, 0.3) is 6.43 Å². The second-order valence-corrected chi connectivity index (χ2v) is 8.80. The highest BCUT2D eigenvalue weighted by atomic mass is 19.3. The fourth-order valence-corrected chi connectivity index (χ4v) is 5.29. The maximum Gasteiger partial charge on any atom is 0.266 e. The zero-order valence-corrected chi connectivity index (χ0v) is 17.4. The molecule has 0 spiro atoms. The van der Waals surface area contributed by atoms with Crippen LogP contribution in [0.4, 0.5) is 13.2 Å². The summed E-state index contributed by atoms with van der Waals surface area (Å²) in [6.07, 6.45) is 7.55. The molecule has 3 rings (SSSR count). The standard InChI is InChI=1S/C24H35F3O/c1-3-5-16-7-9-17(10-8-16)21-14-13-20(22(23(21)25)24(26)27)18-11-12-19(6-4-2)28-15-18/h13-14,16-19,24H,3-12,15H2,1-2H3. The molecule has 1 saturated carbocycles. The number of hydrogen-bond acceptors (Lipinski definition) is 1. The average molecular weight is 397 g/mol. The van der Waals surface area contributed by atoms with Crippen molar-refractivity contribution in [3.8, 4) is 0 Å². The van der Waals surface area contributed by atoms with Crippen LogP contribution in [0, 0.1) is 11.7 Å². The molecule has 1 aliphatic heterocycles. The van der Waals surface area contributed by atoms with E-state index in [0.717, 1.165) is 51.4 Å². The lowest BCUT2D eigenvalue weighted by atomic mass is 9.76. The van der Waals surface area contributed by atoms with Crippen LogP contribution in [0.25, 0.3) is 0 Å². The van der Waals surface area contributed by atoms with Crippen LogP contribution < -0.4 is 0 Å². The van der Waals surface area contributed by atoms with Gasteiger partial charge in [-0.25, -0.2) is 13.2 Å². The molecular formula is C24H35F3O. The van der Waals surface area contributed by atoms with E-state index >= 15 is 4.39 Å². The molecule has 0 amide bonds. The van der Waals surface area contributed by atoms with Crippen LogP contribution in [0.5, 0.6) is 0 Å². The predicted octanol–water partition coefficient (Wildman–Crippen LogP) is 7.90. The molecule has 1 aromatic carbocycles. The van der Waals surface area contributed by atoms with Crippen LogP contribution in [0.15, 0.2) is 12.1 Å². The Hall–Kier alpha value is -1.03. The van der Waals surface area contributed by atoms with Gasteiger partial charge in [0.15, 0.2) is 0 Å². The fourth-order valence-electron chi connectivity index (χ4n) is 5.29. The van der Waals surface area contributed by atoms with Crippen molar-refractivity contribution in [1.29, 1.82) is 0 Å². The van der Waals surface area contributed by atoms with Gasteiger partial charge >= 0.3 is 0 Å². The molecule has 1 aliphatic carbocycles. The summed E-state index contributed by atoms with van der Waals surface area (Å²) in [5.41, 5.74) is 0.608. The highest BCUT2D eigenvalue weighted by Gasteiger charge is 2.32. The van der Waals surface area contributed by atoms with Gasteiger partial charge in [0.05, 0.1) is 18.3 Å². The fraction of sp³-hybridized carbons (Fsp3) is 0.750. The van der Waals surface area contributed by atoms with E-state index in [0.29, 0.717) is 23.7 Å². The average Bonchev–Trinajstić information content (AvgIpc) is 2.69. The van der Waals surface area contributed by atoms with E-state index in [4.69, 9.17) is 4.74 Å². The van der Waals surface area contributed by atoms with Crippen molar-refractivity contribution in [2.45, 2.75) is 102 Å². The molecule has 2 unspecified atom stereocenters. The first-order chi connectivity index (χ1) is 13.5. The minimum absolute atomic E-state index is 0.0798. The second kappa shape index (κ2) is 10.1. The first kappa shape index (κ1) is 21.7. The van der Waals surface area contributed by atoms with Crippen molar-refractivity contribution in [2.75, 3.05) is 6.61 Å². The largest absolute Gasteiger partial charge is 0.378 e. The highest BCUT2D eigenvalue weighted by molar-refractivity contribution is 5.39. The van der Waals surface area contributed by atoms with E-state index in [9.17, 15) is 8.78 Å². The minimum atomic E-state index is -2.78. The molecule has 0 N–H and O–H groups in total. The molecule has 1 nitrogen and oxygen atoms in total. The Morgan fingerprint density at radius 1 is 0.893 bits per heavy atom. The molecule has 0 radical (unpaired) electrons. The lowest BCUT2D eigenvalue weighted by Crippen LogP contribution is -2.25. The van der Waals surface area contributed by atoms with E-state index in [-0.39, 0.29) is 23.5 Å². The monoisotopic (exact) mass is 396 g/mol. The molecule has 0 aromatic heterocycles. The van der Waals surface area contributed by atoms with Crippen molar-refractivity contribution in [2.24, 2.45) is 5.92 Å². The van der Waals surface area contributed by atoms with Crippen molar-refractivity contribution >= 4 is 0 Å².